The highest BCUT2D eigenvalue weighted by molar-refractivity contribution is 7.89. The molecule has 1 heterocycles. The Kier molecular flexibility index (Phi) is 6.19. The fraction of sp³-hybridized carbons (Fsp3) is 0.583. The van der Waals surface area contributed by atoms with Crippen molar-refractivity contribution in [3.63, 3.8) is 0 Å². The summed E-state index contributed by atoms with van der Waals surface area (Å²) in [6, 6.07) is 2.97. The van der Waals surface area contributed by atoms with Gasteiger partial charge in [-0.05, 0) is 39.2 Å². The van der Waals surface area contributed by atoms with Crippen LogP contribution in [-0.2, 0) is 10.0 Å². The van der Waals surface area contributed by atoms with E-state index in [2.05, 4.69) is 4.98 Å². The number of hydrogen-bond acceptors (Lipinski definition) is 4. The average molecular weight is 306 g/mol. The van der Waals surface area contributed by atoms with Crippen LogP contribution >= 0.6 is 11.6 Å². The molecule has 19 heavy (non-hydrogen) atoms. The molecule has 0 unspecified atom stereocenters. The first-order valence-electron chi connectivity index (χ1n) is 6.14. The van der Waals surface area contributed by atoms with Crippen molar-refractivity contribution in [1.82, 2.24) is 14.2 Å². The summed E-state index contributed by atoms with van der Waals surface area (Å²) in [5, 5.41) is 0.287. The molecule has 7 heteroatoms. The number of rotatable bonds is 7. The van der Waals surface area contributed by atoms with E-state index in [1.54, 1.807) is 0 Å². The largest absolute Gasteiger partial charge is 0.309 e. The van der Waals surface area contributed by atoms with Crippen molar-refractivity contribution < 1.29 is 8.42 Å². The first kappa shape index (κ1) is 16.4. The molecule has 0 fully saturated rings. The van der Waals surface area contributed by atoms with E-state index in [1.807, 2.05) is 25.9 Å². The molecule has 5 nitrogen and oxygen atoms in total. The highest BCUT2D eigenvalue weighted by Gasteiger charge is 2.22. The summed E-state index contributed by atoms with van der Waals surface area (Å²) in [4.78, 5) is 6.04. The molecule has 0 aromatic carbocycles. The monoisotopic (exact) mass is 305 g/mol. The molecule has 1 rings (SSSR count). The fourth-order valence-electron chi connectivity index (χ4n) is 1.68. The first-order chi connectivity index (χ1) is 8.87. The Morgan fingerprint density at radius 1 is 1.26 bits per heavy atom. The minimum Gasteiger partial charge on any atom is -0.309 e. The quantitative estimate of drug-likeness (QED) is 0.720. The smallest absolute Gasteiger partial charge is 0.244 e. The molecule has 0 atom stereocenters. The molecule has 108 valence electrons. The van der Waals surface area contributed by atoms with Gasteiger partial charge in [0.05, 0.1) is 0 Å². The molecule has 0 spiro atoms. The van der Waals surface area contributed by atoms with Gasteiger partial charge in [-0.1, -0.05) is 18.5 Å². The number of halogens is 1. The molecular formula is C12H20ClN3O2S. The van der Waals surface area contributed by atoms with E-state index in [0.29, 0.717) is 13.1 Å². The van der Waals surface area contributed by atoms with E-state index < -0.39 is 10.0 Å². The van der Waals surface area contributed by atoms with Gasteiger partial charge in [0.15, 0.2) is 0 Å². The van der Waals surface area contributed by atoms with Gasteiger partial charge in [0.2, 0.25) is 10.0 Å². The van der Waals surface area contributed by atoms with E-state index >= 15 is 0 Å². The van der Waals surface area contributed by atoms with Crippen LogP contribution in [0.3, 0.4) is 0 Å². The Balaban J connectivity index is 2.80. The zero-order valence-electron chi connectivity index (χ0n) is 11.5. The summed E-state index contributed by atoms with van der Waals surface area (Å²) in [7, 11) is 0.460. The third kappa shape index (κ3) is 4.72. The Labute approximate surface area is 120 Å². The van der Waals surface area contributed by atoms with E-state index in [1.165, 1.54) is 22.6 Å². The van der Waals surface area contributed by atoms with Crippen LogP contribution in [0.5, 0.6) is 0 Å². The molecule has 0 saturated carbocycles. The second-order valence-corrected chi connectivity index (χ2v) is 6.80. The van der Waals surface area contributed by atoms with E-state index in [4.69, 9.17) is 11.6 Å². The second-order valence-electron chi connectivity index (χ2n) is 4.47. The molecule has 0 saturated heterocycles. The Morgan fingerprint density at radius 3 is 2.42 bits per heavy atom. The predicted octanol–water partition coefficient (Wildman–Crippen LogP) is 1.70. The number of sulfonamides is 1. The molecule has 0 amide bonds. The van der Waals surface area contributed by atoms with Gasteiger partial charge >= 0.3 is 0 Å². The topological polar surface area (TPSA) is 53.5 Å². The summed E-state index contributed by atoms with van der Waals surface area (Å²) < 4.78 is 26.2. The maximum atomic E-state index is 12.4. The fourth-order valence-corrected chi connectivity index (χ4v) is 3.22. The predicted molar refractivity (Wildman–Crippen MR) is 76.9 cm³/mol. The van der Waals surface area contributed by atoms with Crippen molar-refractivity contribution in [3.8, 4) is 0 Å². The lowest BCUT2D eigenvalue weighted by Gasteiger charge is -2.21. The van der Waals surface area contributed by atoms with Crippen molar-refractivity contribution in [3.05, 3.63) is 23.5 Å². The van der Waals surface area contributed by atoms with Crippen LogP contribution in [0.2, 0.25) is 5.15 Å². The second kappa shape index (κ2) is 7.19. The Morgan fingerprint density at radius 2 is 1.95 bits per heavy atom. The van der Waals surface area contributed by atoms with Gasteiger partial charge in [-0.3, -0.25) is 0 Å². The number of aromatic nitrogens is 1. The maximum absolute atomic E-state index is 12.4. The summed E-state index contributed by atoms with van der Waals surface area (Å²) in [6.45, 7) is 3.62. The van der Waals surface area contributed by atoms with Crippen molar-refractivity contribution >= 4 is 21.6 Å². The molecular weight excluding hydrogens is 286 g/mol. The average Bonchev–Trinajstić information content (AvgIpc) is 2.34. The van der Waals surface area contributed by atoms with Crippen LogP contribution in [0.4, 0.5) is 0 Å². The lowest BCUT2D eigenvalue weighted by molar-refractivity contribution is 0.356. The minimum atomic E-state index is -3.47. The van der Waals surface area contributed by atoms with Gasteiger partial charge in [0, 0.05) is 19.3 Å². The first-order valence-corrected chi connectivity index (χ1v) is 7.96. The lowest BCUT2D eigenvalue weighted by atomic mass is 10.4. The van der Waals surface area contributed by atoms with Gasteiger partial charge in [-0.2, -0.15) is 4.31 Å². The highest BCUT2D eigenvalue weighted by Crippen LogP contribution is 2.16. The molecule has 0 radical (unpaired) electrons. The third-order valence-electron chi connectivity index (χ3n) is 2.70. The van der Waals surface area contributed by atoms with Gasteiger partial charge in [-0.15, -0.1) is 0 Å². The third-order valence-corrected chi connectivity index (χ3v) is 4.88. The van der Waals surface area contributed by atoms with Gasteiger partial charge in [0.1, 0.15) is 10.0 Å². The minimum absolute atomic E-state index is 0.184. The van der Waals surface area contributed by atoms with Crippen molar-refractivity contribution in [2.75, 3.05) is 33.7 Å². The zero-order valence-corrected chi connectivity index (χ0v) is 13.1. The molecule has 0 aliphatic carbocycles. The van der Waals surface area contributed by atoms with E-state index in [-0.39, 0.29) is 10.0 Å². The zero-order chi connectivity index (χ0) is 14.5. The van der Waals surface area contributed by atoms with E-state index in [0.717, 1.165) is 13.0 Å². The van der Waals surface area contributed by atoms with Gasteiger partial charge in [0.25, 0.3) is 0 Å². The van der Waals surface area contributed by atoms with Gasteiger partial charge < -0.3 is 4.90 Å². The summed E-state index contributed by atoms with van der Waals surface area (Å²) in [5.74, 6) is 0. The summed E-state index contributed by atoms with van der Waals surface area (Å²) in [5.41, 5.74) is 0. The highest BCUT2D eigenvalue weighted by atomic mass is 35.5. The van der Waals surface area contributed by atoms with Crippen molar-refractivity contribution in [1.29, 1.82) is 0 Å². The van der Waals surface area contributed by atoms with Crippen LogP contribution in [0.15, 0.2) is 23.2 Å². The van der Waals surface area contributed by atoms with E-state index in [9.17, 15) is 8.42 Å². The van der Waals surface area contributed by atoms with Crippen LogP contribution in [0, 0.1) is 0 Å². The lowest BCUT2D eigenvalue weighted by Crippen LogP contribution is -2.33. The normalized spacial score (nSPS) is 12.3. The molecule has 0 aliphatic rings. The summed E-state index contributed by atoms with van der Waals surface area (Å²) >= 11 is 5.67. The SMILES string of the molecule is CCN(CCCN(C)C)S(=O)(=O)c1ccc(Cl)nc1. The molecule has 1 aromatic rings. The van der Waals surface area contributed by atoms with Crippen LogP contribution in [-0.4, -0.2) is 56.3 Å². The number of pyridine rings is 1. The number of hydrogen-bond donors (Lipinski definition) is 0. The summed E-state index contributed by atoms with van der Waals surface area (Å²) in [6.07, 6.45) is 2.09. The molecule has 1 aromatic heterocycles. The molecule has 0 aliphatic heterocycles. The van der Waals surface area contributed by atoms with Crippen LogP contribution in [0.1, 0.15) is 13.3 Å². The molecule has 0 bridgehead atoms. The van der Waals surface area contributed by atoms with Crippen molar-refractivity contribution in [2.45, 2.75) is 18.2 Å². The maximum Gasteiger partial charge on any atom is 0.244 e. The van der Waals surface area contributed by atoms with Gasteiger partial charge in [-0.25, -0.2) is 13.4 Å². The standard InChI is InChI=1S/C12H20ClN3O2S/c1-4-16(9-5-8-15(2)3)19(17,18)11-6-7-12(13)14-10-11/h6-7,10H,4-5,8-9H2,1-3H3. The van der Waals surface area contributed by atoms with Crippen molar-refractivity contribution in [2.24, 2.45) is 0 Å². The number of nitrogens with zero attached hydrogens (tertiary/aromatic N) is 3. The van der Waals surface area contributed by atoms with Crippen LogP contribution in [0.25, 0.3) is 0 Å². The van der Waals surface area contributed by atoms with Crippen LogP contribution < -0.4 is 0 Å². The Bertz CT molecular complexity index is 488. The Hall–Kier alpha value is -0.690. The molecule has 0 N–H and O–H groups in total.